The number of hydrogen-bond acceptors (Lipinski definition) is 4. The van der Waals surface area contributed by atoms with Gasteiger partial charge in [0.25, 0.3) is 0 Å². The van der Waals surface area contributed by atoms with Crippen molar-refractivity contribution in [3.05, 3.63) is 65.2 Å². The molecular formula is C14H15ClN6. The quantitative estimate of drug-likeness (QED) is 0.569. The Morgan fingerprint density at radius 3 is 2.62 bits per heavy atom. The van der Waals surface area contributed by atoms with Crippen LogP contribution in [-0.2, 0) is 7.05 Å². The summed E-state index contributed by atoms with van der Waals surface area (Å²) in [6.07, 6.45) is 3.48. The number of nitrogens with zero attached hydrogens (tertiary/aromatic N) is 4. The Balaban J connectivity index is 1.98. The smallest absolute Gasteiger partial charge is 0.108 e. The SMILES string of the molecule is Cn1ncc(Cl)c1C(NN)c1ccn(-c2ccccc2)n1. The molecule has 3 aromatic rings. The predicted octanol–water partition coefficient (Wildman–Crippen LogP) is 1.81. The second kappa shape index (κ2) is 5.69. The van der Waals surface area contributed by atoms with Crippen LogP contribution >= 0.6 is 11.6 Å². The van der Waals surface area contributed by atoms with Crippen LogP contribution in [0.1, 0.15) is 17.4 Å². The second-order valence-corrected chi connectivity index (χ2v) is 5.03. The normalized spacial score (nSPS) is 12.5. The average Bonchev–Trinajstić information content (AvgIpc) is 3.11. The van der Waals surface area contributed by atoms with Crippen LogP contribution in [0.15, 0.2) is 48.8 Å². The van der Waals surface area contributed by atoms with E-state index in [9.17, 15) is 0 Å². The number of aromatic nitrogens is 4. The van der Waals surface area contributed by atoms with Crippen molar-refractivity contribution in [1.82, 2.24) is 25.0 Å². The zero-order valence-corrected chi connectivity index (χ0v) is 12.2. The van der Waals surface area contributed by atoms with Crippen molar-refractivity contribution in [3.8, 4) is 5.69 Å². The third-order valence-electron chi connectivity index (χ3n) is 3.30. The molecule has 3 rings (SSSR count). The van der Waals surface area contributed by atoms with Gasteiger partial charge in [-0.15, -0.1) is 0 Å². The van der Waals surface area contributed by atoms with Crippen LogP contribution in [0.2, 0.25) is 5.02 Å². The molecule has 108 valence electrons. The molecule has 0 amide bonds. The summed E-state index contributed by atoms with van der Waals surface area (Å²) in [7, 11) is 1.82. The summed E-state index contributed by atoms with van der Waals surface area (Å²) in [6.45, 7) is 0. The lowest BCUT2D eigenvalue weighted by atomic mass is 10.1. The van der Waals surface area contributed by atoms with Gasteiger partial charge in [0, 0.05) is 13.2 Å². The molecule has 0 fully saturated rings. The second-order valence-electron chi connectivity index (χ2n) is 4.62. The minimum absolute atomic E-state index is 0.324. The minimum atomic E-state index is -0.324. The number of halogens is 1. The molecule has 21 heavy (non-hydrogen) atoms. The van der Waals surface area contributed by atoms with Gasteiger partial charge in [-0.05, 0) is 18.2 Å². The number of benzene rings is 1. The number of rotatable bonds is 4. The first-order valence-corrected chi connectivity index (χ1v) is 6.83. The van der Waals surface area contributed by atoms with Gasteiger partial charge in [-0.3, -0.25) is 10.5 Å². The topological polar surface area (TPSA) is 73.7 Å². The number of aryl methyl sites for hydroxylation is 1. The van der Waals surface area contributed by atoms with Crippen LogP contribution in [0.4, 0.5) is 0 Å². The van der Waals surface area contributed by atoms with E-state index in [1.165, 1.54) is 0 Å². The molecule has 0 aliphatic rings. The molecule has 0 saturated carbocycles. The summed E-state index contributed by atoms with van der Waals surface area (Å²) in [6, 6.07) is 11.4. The predicted molar refractivity (Wildman–Crippen MR) is 80.9 cm³/mol. The Morgan fingerprint density at radius 2 is 2.00 bits per heavy atom. The lowest BCUT2D eigenvalue weighted by Gasteiger charge is -2.14. The molecule has 1 aromatic carbocycles. The van der Waals surface area contributed by atoms with Crippen molar-refractivity contribution in [2.45, 2.75) is 6.04 Å². The van der Waals surface area contributed by atoms with Gasteiger partial charge in [0.2, 0.25) is 0 Å². The number of nitrogens with one attached hydrogen (secondary N) is 1. The molecule has 0 spiro atoms. The van der Waals surface area contributed by atoms with E-state index >= 15 is 0 Å². The maximum absolute atomic E-state index is 6.18. The molecule has 2 heterocycles. The summed E-state index contributed by atoms with van der Waals surface area (Å²) in [5.41, 5.74) is 5.27. The Morgan fingerprint density at radius 1 is 1.24 bits per heavy atom. The standard InChI is InChI=1S/C14H15ClN6/c1-20-14(11(15)9-17-20)13(18-16)12-7-8-21(19-12)10-5-3-2-4-6-10/h2-9,13,18H,16H2,1H3. The maximum Gasteiger partial charge on any atom is 0.108 e. The summed E-state index contributed by atoms with van der Waals surface area (Å²) in [5.74, 6) is 5.68. The van der Waals surface area contributed by atoms with Gasteiger partial charge in [0.1, 0.15) is 6.04 Å². The van der Waals surface area contributed by atoms with E-state index in [1.807, 2.05) is 49.6 Å². The van der Waals surface area contributed by atoms with Crippen LogP contribution in [0, 0.1) is 0 Å². The fourth-order valence-electron chi connectivity index (χ4n) is 2.27. The van der Waals surface area contributed by atoms with E-state index in [4.69, 9.17) is 17.4 Å². The van der Waals surface area contributed by atoms with Crippen molar-refractivity contribution < 1.29 is 0 Å². The van der Waals surface area contributed by atoms with Gasteiger partial charge < -0.3 is 0 Å². The molecular weight excluding hydrogens is 288 g/mol. The maximum atomic E-state index is 6.18. The molecule has 7 heteroatoms. The molecule has 0 radical (unpaired) electrons. The molecule has 3 N–H and O–H groups in total. The van der Waals surface area contributed by atoms with Crippen LogP contribution in [0.25, 0.3) is 5.69 Å². The van der Waals surface area contributed by atoms with Gasteiger partial charge in [-0.1, -0.05) is 29.8 Å². The van der Waals surface area contributed by atoms with Crippen LogP contribution in [0.5, 0.6) is 0 Å². The third-order valence-corrected chi connectivity index (χ3v) is 3.60. The monoisotopic (exact) mass is 302 g/mol. The number of para-hydroxylation sites is 1. The highest BCUT2D eigenvalue weighted by Crippen LogP contribution is 2.26. The summed E-state index contributed by atoms with van der Waals surface area (Å²) in [4.78, 5) is 0. The van der Waals surface area contributed by atoms with Gasteiger partial charge in [0.15, 0.2) is 0 Å². The van der Waals surface area contributed by atoms with Crippen molar-refractivity contribution in [3.63, 3.8) is 0 Å². The van der Waals surface area contributed by atoms with Gasteiger partial charge in [0.05, 0.1) is 28.3 Å². The lowest BCUT2D eigenvalue weighted by molar-refractivity contribution is 0.559. The van der Waals surface area contributed by atoms with Crippen LogP contribution in [0.3, 0.4) is 0 Å². The number of hydrazine groups is 1. The Bertz CT molecular complexity index is 714. The van der Waals surface area contributed by atoms with Crippen LogP contribution in [-0.4, -0.2) is 19.6 Å². The van der Waals surface area contributed by atoms with Gasteiger partial charge in [-0.25, -0.2) is 10.1 Å². The molecule has 0 saturated heterocycles. The molecule has 0 bridgehead atoms. The Hall–Kier alpha value is -2.15. The van der Waals surface area contributed by atoms with E-state index in [0.717, 1.165) is 17.1 Å². The molecule has 2 aromatic heterocycles. The highest BCUT2D eigenvalue weighted by atomic mass is 35.5. The van der Waals surface area contributed by atoms with Gasteiger partial charge >= 0.3 is 0 Å². The average molecular weight is 303 g/mol. The molecule has 0 aliphatic carbocycles. The number of hydrogen-bond donors (Lipinski definition) is 2. The highest BCUT2D eigenvalue weighted by molar-refractivity contribution is 6.31. The first-order valence-electron chi connectivity index (χ1n) is 6.45. The molecule has 6 nitrogen and oxygen atoms in total. The fraction of sp³-hybridized carbons (Fsp3) is 0.143. The highest BCUT2D eigenvalue weighted by Gasteiger charge is 2.22. The molecule has 1 atom stereocenters. The summed E-state index contributed by atoms with van der Waals surface area (Å²) in [5, 5.41) is 9.25. The Labute approximate surface area is 127 Å². The van der Waals surface area contributed by atoms with Gasteiger partial charge in [-0.2, -0.15) is 10.2 Å². The Kier molecular flexibility index (Phi) is 3.74. The molecule has 1 unspecified atom stereocenters. The van der Waals surface area contributed by atoms with Crippen molar-refractivity contribution in [1.29, 1.82) is 0 Å². The number of nitrogens with two attached hydrogens (primary N) is 1. The zero-order chi connectivity index (χ0) is 14.8. The van der Waals surface area contributed by atoms with Crippen LogP contribution < -0.4 is 11.3 Å². The lowest BCUT2D eigenvalue weighted by Crippen LogP contribution is -2.31. The van der Waals surface area contributed by atoms with E-state index in [-0.39, 0.29) is 6.04 Å². The van der Waals surface area contributed by atoms with Crippen molar-refractivity contribution in [2.24, 2.45) is 12.9 Å². The minimum Gasteiger partial charge on any atom is -0.270 e. The summed E-state index contributed by atoms with van der Waals surface area (Å²) >= 11 is 6.18. The van der Waals surface area contributed by atoms with E-state index in [2.05, 4.69) is 15.6 Å². The largest absolute Gasteiger partial charge is 0.270 e. The fourth-order valence-corrected chi connectivity index (χ4v) is 2.54. The van der Waals surface area contributed by atoms with Crippen molar-refractivity contribution >= 4 is 11.6 Å². The third kappa shape index (κ3) is 2.56. The zero-order valence-electron chi connectivity index (χ0n) is 11.4. The van der Waals surface area contributed by atoms with E-state index < -0.39 is 0 Å². The van der Waals surface area contributed by atoms with E-state index in [1.54, 1.807) is 15.6 Å². The first-order chi connectivity index (χ1) is 10.2. The summed E-state index contributed by atoms with van der Waals surface area (Å²) < 4.78 is 3.48. The van der Waals surface area contributed by atoms with Crippen molar-refractivity contribution in [2.75, 3.05) is 0 Å². The molecule has 0 aliphatic heterocycles. The van der Waals surface area contributed by atoms with E-state index in [0.29, 0.717) is 5.02 Å². The first kappa shape index (κ1) is 13.8.